The monoisotopic (exact) mass is 433 g/mol. The normalized spacial score (nSPS) is 16.1. The smallest absolute Gasteiger partial charge is 0.325 e. The highest BCUT2D eigenvalue weighted by atomic mass is 16.2. The molecule has 0 spiro atoms. The highest BCUT2D eigenvalue weighted by Crippen LogP contribution is 2.21. The van der Waals surface area contributed by atoms with Crippen LogP contribution in [0.3, 0.4) is 0 Å². The number of aromatic nitrogens is 2. The summed E-state index contributed by atoms with van der Waals surface area (Å²) in [5.41, 5.74) is 2.86. The minimum absolute atomic E-state index is 0.0868. The number of nitrogens with one attached hydrogen (secondary N) is 2. The first-order chi connectivity index (χ1) is 15.4. The second kappa shape index (κ2) is 9.21. The Balaban J connectivity index is 1.32. The van der Waals surface area contributed by atoms with Gasteiger partial charge in [-0.2, -0.15) is 0 Å². The van der Waals surface area contributed by atoms with Crippen molar-refractivity contribution in [3.05, 3.63) is 66.0 Å². The number of hydrogen-bond donors (Lipinski definition) is 2. The summed E-state index contributed by atoms with van der Waals surface area (Å²) in [6.45, 7) is 4.80. The van der Waals surface area contributed by atoms with E-state index in [0.29, 0.717) is 13.0 Å². The number of amides is 4. The van der Waals surface area contributed by atoms with Crippen LogP contribution in [0.4, 0.5) is 4.79 Å². The van der Waals surface area contributed by atoms with E-state index < -0.39 is 12.1 Å². The fraction of sp³-hybridized carbons (Fsp3) is 0.333. The molecule has 0 saturated carbocycles. The van der Waals surface area contributed by atoms with Crippen molar-refractivity contribution in [1.29, 1.82) is 0 Å². The van der Waals surface area contributed by atoms with Gasteiger partial charge >= 0.3 is 6.03 Å². The number of para-hydroxylation sites is 2. The molecule has 2 aromatic carbocycles. The lowest BCUT2D eigenvalue weighted by atomic mass is 10.1. The third kappa shape index (κ3) is 4.49. The Kier molecular flexibility index (Phi) is 6.20. The zero-order valence-corrected chi connectivity index (χ0v) is 18.2. The Bertz CT molecular complexity index is 1140. The maximum absolute atomic E-state index is 12.6. The summed E-state index contributed by atoms with van der Waals surface area (Å²) in [7, 11) is 0. The summed E-state index contributed by atoms with van der Waals surface area (Å²) in [4.78, 5) is 43.1. The molecule has 1 unspecified atom stereocenters. The number of imidazole rings is 1. The Morgan fingerprint density at radius 1 is 1.09 bits per heavy atom. The van der Waals surface area contributed by atoms with Gasteiger partial charge in [0.1, 0.15) is 11.9 Å². The maximum Gasteiger partial charge on any atom is 0.325 e. The van der Waals surface area contributed by atoms with Crippen molar-refractivity contribution in [2.75, 3.05) is 6.54 Å². The SMILES string of the molecule is CC(C)n1c(CCNC(=O)CC2NC(=O)N(Cc3ccccc3)C2=O)nc2ccccc21. The van der Waals surface area contributed by atoms with Crippen LogP contribution in [-0.2, 0) is 22.6 Å². The van der Waals surface area contributed by atoms with Crippen molar-refractivity contribution >= 4 is 28.9 Å². The van der Waals surface area contributed by atoms with Gasteiger partial charge in [0.15, 0.2) is 0 Å². The van der Waals surface area contributed by atoms with E-state index in [2.05, 4.69) is 29.0 Å². The first-order valence-electron chi connectivity index (χ1n) is 10.8. The van der Waals surface area contributed by atoms with Gasteiger partial charge < -0.3 is 15.2 Å². The minimum atomic E-state index is -0.841. The first kappa shape index (κ1) is 21.5. The predicted molar refractivity (Wildman–Crippen MR) is 121 cm³/mol. The van der Waals surface area contributed by atoms with E-state index in [1.807, 2.05) is 54.6 Å². The van der Waals surface area contributed by atoms with Crippen molar-refractivity contribution in [1.82, 2.24) is 25.1 Å². The van der Waals surface area contributed by atoms with E-state index >= 15 is 0 Å². The van der Waals surface area contributed by atoms with Crippen LogP contribution in [0.1, 0.15) is 37.7 Å². The number of nitrogens with zero attached hydrogens (tertiary/aromatic N) is 3. The van der Waals surface area contributed by atoms with Crippen molar-refractivity contribution < 1.29 is 14.4 Å². The lowest BCUT2D eigenvalue weighted by Gasteiger charge is -2.14. The highest BCUT2D eigenvalue weighted by molar-refractivity contribution is 6.05. The molecule has 4 amide bonds. The predicted octanol–water partition coefficient (Wildman–Crippen LogP) is 2.79. The molecule has 1 fully saturated rings. The van der Waals surface area contributed by atoms with E-state index in [-0.39, 0.29) is 30.8 Å². The lowest BCUT2D eigenvalue weighted by molar-refractivity contribution is -0.131. The van der Waals surface area contributed by atoms with E-state index in [9.17, 15) is 14.4 Å². The molecule has 8 nitrogen and oxygen atoms in total. The van der Waals surface area contributed by atoms with Gasteiger partial charge in [0.05, 0.1) is 24.0 Å². The molecule has 1 saturated heterocycles. The van der Waals surface area contributed by atoms with Crippen LogP contribution in [0.2, 0.25) is 0 Å². The summed E-state index contributed by atoms with van der Waals surface area (Å²) >= 11 is 0. The third-order valence-electron chi connectivity index (χ3n) is 5.54. The molecule has 0 radical (unpaired) electrons. The number of rotatable bonds is 8. The van der Waals surface area contributed by atoms with Crippen LogP contribution in [0.15, 0.2) is 54.6 Å². The van der Waals surface area contributed by atoms with Crippen LogP contribution >= 0.6 is 0 Å². The maximum atomic E-state index is 12.6. The number of carbonyl (C=O) groups excluding carboxylic acids is 3. The van der Waals surface area contributed by atoms with Crippen molar-refractivity contribution in [3.8, 4) is 0 Å². The van der Waals surface area contributed by atoms with Gasteiger partial charge in [0.2, 0.25) is 5.91 Å². The second-order valence-corrected chi connectivity index (χ2v) is 8.20. The average Bonchev–Trinajstić information content (AvgIpc) is 3.27. The van der Waals surface area contributed by atoms with Gasteiger partial charge in [0, 0.05) is 19.0 Å². The second-order valence-electron chi connectivity index (χ2n) is 8.20. The molecule has 0 aliphatic carbocycles. The van der Waals surface area contributed by atoms with E-state index in [1.165, 1.54) is 0 Å². The average molecular weight is 434 g/mol. The molecule has 2 N–H and O–H groups in total. The van der Waals surface area contributed by atoms with Gasteiger partial charge in [-0.25, -0.2) is 9.78 Å². The molecule has 3 aromatic rings. The minimum Gasteiger partial charge on any atom is -0.356 e. The zero-order valence-electron chi connectivity index (χ0n) is 18.2. The quantitative estimate of drug-likeness (QED) is 0.534. The van der Waals surface area contributed by atoms with Gasteiger partial charge in [-0.05, 0) is 31.5 Å². The fourth-order valence-corrected chi connectivity index (χ4v) is 4.05. The zero-order chi connectivity index (χ0) is 22.7. The van der Waals surface area contributed by atoms with Crippen molar-refractivity contribution in [3.63, 3.8) is 0 Å². The molecule has 1 aliphatic rings. The third-order valence-corrected chi connectivity index (χ3v) is 5.54. The first-order valence-corrected chi connectivity index (χ1v) is 10.8. The standard InChI is InChI=1S/C24H27N5O3/c1-16(2)29-20-11-7-6-10-18(20)26-21(29)12-13-25-22(30)14-19-23(31)28(24(32)27-19)15-17-8-4-3-5-9-17/h3-11,16,19H,12-15H2,1-2H3,(H,25,30)(H,27,32). The molecule has 4 rings (SSSR count). The van der Waals surface area contributed by atoms with Gasteiger partial charge in [0.25, 0.3) is 5.91 Å². The Hall–Kier alpha value is -3.68. The number of carbonyl (C=O) groups is 3. The summed E-state index contributed by atoms with van der Waals surface area (Å²) in [6, 6.07) is 16.2. The number of benzene rings is 2. The molecular formula is C24H27N5O3. The van der Waals surface area contributed by atoms with E-state index in [1.54, 1.807) is 0 Å². The van der Waals surface area contributed by atoms with Crippen LogP contribution in [0, 0.1) is 0 Å². The van der Waals surface area contributed by atoms with Crippen LogP contribution < -0.4 is 10.6 Å². The Morgan fingerprint density at radius 2 is 1.81 bits per heavy atom. The highest BCUT2D eigenvalue weighted by Gasteiger charge is 2.38. The van der Waals surface area contributed by atoms with Gasteiger partial charge in [-0.15, -0.1) is 0 Å². The van der Waals surface area contributed by atoms with Crippen molar-refractivity contribution in [2.45, 2.75) is 45.3 Å². The molecule has 1 aliphatic heterocycles. The topological polar surface area (TPSA) is 96.3 Å². The molecule has 1 aromatic heterocycles. The summed E-state index contributed by atoms with van der Waals surface area (Å²) in [5, 5.41) is 5.47. The van der Waals surface area contributed by atoms with Crippen molar-refractivity contribution in [2.24, 2.45) is 0 Å². The lowest BCUT2D eigenvalue weighted by Crippen LogP contribution is -2.37. The Morgan fingerprint density at radius 3 is 2.56 bits per heavy atom. The number of urea groups is 1. The number of imide groups is 1. The molecule has 32 heavy (non-hydrogen) atoms. The molecular weight excluding hydrogens is 406 g/mol. The van der Waals surface area contributed by atoms with Gasteiger partial charge in [-0.3, -0.25) is 14.5 Å². The molecule has 8 heteroatoms. The largest absolute Gasteiger partial charge is 0.356 e. The molecule has 2 heterocycles. The molecule has 1 atom stereocenters. The Labute approximate surface area is 186 Å². The van der Waals surface area contributed by atoms with E-state index in [0.717, 1.165) is 27.3 Å². The van der Waals surface area contributed by atoms with Crippen LogP contribution in [0.5, 0.6) is 0 Å². The number of fused-ring (bicyclic) bond motifs is 1. The fourth-order valence-electron chi connectivity index (χ4n) is 4.05. The van der Waals surface area contributed by atoms with Crippen LogP contribution in [0.25, 0.3) is 11.0 Å². The number of hydrogen-bond acceptors (Lipinski definition) is 4. The summed E-state index contributed by atoms with van der Waals surface area (Å²) in [6.07, 6.45) is 0.486. The molecule has 166 valence electrons. The van der Waals surface area contributed by atoms with Crippen LogP contribution in [-0.4, -0.2) is 44.9 Å². The van der Waals surface area contributed by atoms with Gasteiger partial charge in [-0.1, -0.05) is 42.5 Å². The summed E-state index contributed by atoms with van der Waals surface area (Å²) in [5.74, 6) is 0.244. The molecule has 0 bridgehead atoms. The summed E-state index contributed by atoms with van der Waals surface area (Å²) < 4.78 is 2.17. The van der Waals surface area contributed by atoms with E-state index in [4.69, 9.17) is 4.98 Å².